The van der Waals surface area contributed by atoms with E-state index in [1.807, 2.05) is 0 Å². The first-order valence-corrected chi connectivity index (χ1v) is 12.2. The van der Waals surface area contributed by atoms with Gasteiger partial charge in [0.2, 0.25) is 0 Å². The van der Waals surface area contributed by atoms with E-state index in [-0.39, 0.29) is 32.2 Å². The van der Waals surface area contributed by atoms with Gasteiger partial charge in [-0.25, -0.2) is 0 Å². The molecule has 0 unspecified atom stereocenters. The summed E-state index contributed by atoms with van der Waals surface area (Å²) in [5, 5.41) is 0. The molecule has 0 amide bonds. The zero-order valence-electron chi connectivity index (χ0n) is 1.51. The zero-order chi connectivity index (χ0) is 3.41. The minimum atomic E-state index is -0.0418. The molecule has 0 saturated heterocycles. The van der Waals surface area contributed by atoms with Gasteiger partial charge in [-0.15, -0.1) is 0 Å². The SMILES string of the molecule is Cl[I+][I-]Cl. The van der Waals surface area contributed by atoms with E-state index in [1.54, 1.807) is 0 Å². The molecule has 0 aliphatic heterocycles. The predicted molar refractivity (Wildman–Crippen MR) is 11.7 cm³/mol. The molecule has 0 aromatic carbocycles. The van der Waals surface area contributed by atoms with Crippen LogP contribution in [-0.4, -0.2) is 0 Å². The molecule has 4 heteroatoms. The molecular weight excluding hydrogens is 325 g/mol. The Balaban J connectivity index is 1.97. The maximum atomic E-state index is 5.21. The summed E-state index contributed by atoms with van der Waals surface area (Å²) in [7, 11) is 10.4. The van der Waals surface area contributed by atoms with Gasteiger partial charge in [0, 0.05) is 0 Å². The van der Waals surface area contributed by atoms with E-state index in [4.69, 9.17) is 17.8 Å². The van der Waals surface area contributed by atoms with Crippen molar-refractivity contribution in [1.29, 1.82) is 0 Å². The number of hydrogen-bond donors (Lipinski definition) is 0. The fraction of sp³-hybridized carbons (Fsp3) is 0. The van der Waals surface area contributed by atoms with Gasteiger partial charge in [0.1, 0.15) is 0 Å². The number of rotatable bonds is 1. The van der Waals surface area contributed by atoms with Crippen LogP contribution < -0.4 is 32.2 Å². The van der Waals surface area contributed by atoms with Gasteiger partial charge in [0.15, 0.2) is 0 Å². The molecule has 0 aromatic heterocycles. The summed E-state index contributed by atoms with van der Waals surface area (Å²) in [4.78, 5) is 0. The third-order valence-electron chi connectivity index (χ3n) is 0.0204. The van der Waals surface area contributed by atoms with E-state index in [0.717, 1.165) is 0 Å². The summed E-state index contributed by atoms with van der Waals surface area (Å²) in [5.74, 6) is 0. The van der Waals surface area contributed by atoms with E-state index in [2.05, 4.69) is 0 Å². The van der Waals surface area contributed by atoms with Gasteiger partial charge in [-0.1, -0.05) is 0 Å². The Hall–Kier alpha value is 2.04. The number of hydrogen-bond acceptors (Lipinski definition) is 0. The Kier molecular flexibility index (Phi) is 7.61. The second-order valence-electron chi connectivity index (χ2n) is 0.108. The van der Waals surface area contributed by atoms with E-state index < -0.39 is 0 Å². The Morgan fingerprint density at radius 2 is 2.00 bits per heavy atom. The van der Waals surface area contributed by atoms with E-state index in [9.17, 15) is 0 Å². The predicted octanol–water partition coefficient (Wildman–Crippen LogP) is -4.61. The second-order valence-corrected chi connectivity index (χ2v) is 14.6. The minimum absolute atomic E-state index is 0.0418. The van der Waals surface area contributed by atoms with Crippen molar-refractivity contribution in [1.82, 2.24) is 0 Å². The molecule has 0 nitrogen and oxygen atoms in total. The Morgan fingerprint density at radius 3 is 2.00 bits per heavy atom. The van der Waals surface area contributed by atoms with E-state index in [1.165, 1.54) is 0 Å². The average molecular weight is 325 g/mol. The first-order chi connectivity index (χ1) is 1.91. The van der Waals surface area contributed by atoms with Crippen LogP contribution in [0.1, 0.15) is 0 Å². The monoisotopic (exact) mass is 324 g/mol. The molecule has 0 radical (unpaired) electrons. The van der Waals surface area contributed by atoms with Crippen LogP contribution in [0.3, 0.4) is 0 Å². The van der Waals surface area contributed by atoms with Gasteiger partial charge < -0.3 is 0 Å². The van der Waals surface area contributed by atoms with Gasteiger partial charge >= 0.3 is 50.0 Å². The molecule has 0 fully saturated rings. The topological polar surface area (TPSA) is 0 Å². The summed E-state index contributed by atoms with van der Waals surface area (Å²) in [6, 6.07) is 0. The molecule has 0 aliphatic rings. The van der Waals surface area contributed by atoms with Crippen LogP contribution in [0.2, 0.25) is 0 Å². The molecule has 0 aromatic rings. The average Bonchev–Trinajstić information content (AvgIpc) is 1.37. The first kappa shape index (κ1) is 6.04. The molecule has 0 aliphatic carbocycles. The van der Waals surface area contributed by atoms with Crippen LogP contribution in [0.25, 0.3) is 0 Å². The van der Waals surface area contributed by atoms with Gasteiger partial charge in [-0.3, -0.25) is 0 Å². The molecule has 0 spiro atoms. The summed E-state index contributed by atoms with van der Waals surface area (Å²) >= 11 is -0.0836. The fourth-order valence-corrected chi connectivity index (χ4v) is 0. The van der Waals surface area contributed by atoms with Crippen molar-refractivity contribution in [2.45, 2.75) is 0 Å². The normalized spacial score (nSPS) is 8.50. The molecule has 28 valence electrons. The molecular formula is Cl2I2. The summed E-state index contributed by atoms with van der Waals surface area (Å²) in [6.45, 7) is 0. The van der Waals surface area contributed by atoms with Crippen LogP contribution in [0.4, 0.5) is 0 Å². The molecule has 0 N–H and O–H groups in total. The molecule has 0 saturated carbocycles. The summed E-state index contributed by atoms with van der Waals surface area (Å²) in [5.41, 5.74) is 0. The van der Waals surface area contributed by atoms with Crippen LogP contribution >= 0.6 is 17.8 Å². The third kappa shape index (κ3) is 4.04. The van der Waals surface area contributed by atoms with Crippen molar-refractivity contribution in [3.63, 3.8) is 0 Å². The maximum absolute atomic E-state index is 5.21. The number of halogens is 4. The summed E-state index contributed by atoms with van der Waals surface area (Å²) < 4.78 is 0. The summed E-state index contributed by atoms with van der Waals surface area (Å²) in [6.07, 6.45) is 0. The van der Waals surface area contributed by atoms with E-state index >= 15 is 0 Å². The fourth-order valence-electron chi connectivity index (χ4n) is 0. The van der Waals surface area contributed by atoms with Crippen molar-refractivity contribution in [2.24, 2.45) is 0 Å². The molecule has 0 bridgehead atoms. The molecule has 4 heavy (non-hydrogen) atoms. The van der Waals surface area contributed by atoms with Crippen LogP contribution in [-0.2, 0) is 0 Å². The second kappa shape index (κ2) is 5.04. The van der Waals surface area contributed by atoms with Crippen LogP contribution in [0.5, 0.6) is 0 Å². The van der Waals surface area contributed by atoms with Crippen molar-refractivity contribution < 1.29 is 32.2 Å². The van der Waals surface area contributed by atoms with Crippen molar-refractivity contribution in [3.8, 4) is 0 Å². The first-order valence-electron chi connectivity index (χ1n) is 0.429. The quantitative estimate of drug-likeness (QED) is 0.426. The van der Waals surface area contributed by atoms with Crippen molar-refractivity contribution >= 4 is 17.8 Å². The van der Waals surface area contributed by atoms with E-state index in [0.29, 0.717) is 0 Å². The zero-order valence-corrected chi connectivity index (χ0v) is 7.34. The van der Waals surface area contributed by atoms with Crippen LogP contribution in [0.15, 0.2) is 0 Å². The third-order valence-corrected chi connectivity index (χ3v) is 8.27. The Bertz CT molecular complexity index is 6.00. The Labute approximate surface area is 49.2 Å². The van der Waals surface area contributed by atoms with Crippen molar-refractivity contribution in [3.05, 3.63) is 0 Å². The van der Waals surface area contributed by atoms with Gasteiger partial charge in [-0.05, 0) is 0 Å². The molecule has 0 atom stereocenters. The molecule has 0 rings (SSSR count). The molecule has 0 heterocycles. The van der Waals surface area contributed by atoms with Crippen LogP contribution in [0, 0.1) is 0 Å². The van der Waals surface area contributed by atoms with Crippen molar-refractivity contribution in [2.75, 3.05) is 0 Å². The standard InChI is InChI=1S/Cl2I2/c1-3-4-2. The van der Waals surface area contributed by atoms with Gasteiger partial charge in [0.25, 0.3) is 0 Å². The van der Waals surface area contributed by atoms with Gasteiger partial charge in [-0.2, -0.15) is 0 Å². The Morgan fingerprint density at radius 1 is 1.75 bits per heavy atom. The van der Waals surface area contributed by atoms with Gasteiger partial charge in [0.05, 0.1) is 0 Å².